The van der Waals surface area contributed by atoms with Crippen molar-refractivity contribution < 1.29 is 16.8 Å². The fourth-order valence-electron chi connectivity index (χ4n) is 5.48. The van der Waals surface area contributed by atoms with E-state index in [1.54, 1.807) is 6.07 Å². The van der Waals surface area contributed by atoms with Crippen LogP contribution >= 0.6 is 0 Å². The highest BCUT2D eigenvalue weighted by molar-refractivity contribution is 7.96. The molecule has 1 aliphatic carbocycles. The van der Waals surface area contributed by atoms with Gasteiger partial charge in [0.2, 0.25) is 0 Å². The summed E-state index contributed by atoms with van der Waals surface area (Å²) in [6.07, 6.45) is 5.25. The van der Waals surface area contributed by atoms with E-state index >= 15 is 0 Å². The average molecular weight is 426 g/mol. The Labute approximate surface area is 169 Å². The van der Waals surface area contributed by atoms with Crippen molar-refractivity contribution in [2.45, 2.75) is 62.1 Å². The van der Waals surface area contributed by atoms with Crippen molar-refractivity contribution in [2.75, 3.05) is 24.6 Å². The van der Waals surface area contributed by atoms with Crippen molar-refractivity contribution in [3.05, 3.63) is 29.3 Å². The molecule has 2 heterocycles. The van der Waals surface area contributed by atoms with Crippen LogP contribution in [0.2, 0.25) is 0 Å². The third-order valence-corrected chi connectivity index (χ3v) is 10.8. The van der Waals surface area contributed by atoms with Gasteiger partial charge in [0, 0.05) is 19.1 Å². The van der Waals surface area contributed by atoms with Gasteiger partial charge in [-0.3, -0.25) is 4.90 Å². The second-order valence-electron chi connectivity index (χ2n) is 9.27. The Kier molecular flexibility index (Phi) is 5.38. The van der Waals surface area contributed by atoms with Crippen LogP contribution in [0.5, 0.6) is 0 Å². The van der Waals surface area contributed by atoms with E-state index in [0.29, 0.717) is 16.7 Å². The van der Waals surface area contributed by atoms with Gasteiger partial charge in [-0.05, 0) is 67.2 Å². The molecule has 1 aromatic carbocycles. The van der Waals surface area contributed by atoms with Gasteiger partial charge in [0.05, 0.1) is 21.7 Å². The molecule has 4 rings (SSSR count). The van der Waals surface area contributed by atoms with E-state index in [0.717, 1.165) is 50.8 Å². The Bertz CT molecular complexity index is 945. The first kappa shape index (κ1) is 20.4. The fraction of sp³-hybridized carbons (Fsp3) is 0.714. The highest BCUT2D eigenvalue weighted by atomic mass is 32.2. The van der Waals surface area contributed by atoms with Crippen LogP contribution in [0.15, 0.2) is 23.1 Å². The van der Waals surface area contributed by atoms with Crippen molar-refractivity contribution in [3.8, 4) is 0 Å². The molecule has 0 aromatic heterocycles. The maximum absolute atomic E-state index is 13.5. The molecule has 28 heavy (non-hydrogen) atoms. The van der Waals surface area contributed by atoms with Crippen molar-refractivity contribution >= 4 is 19.7 Å². The molecular formula is C21H31NO4S2. The SMILES string of the molecule is C[C@@H]1C[C@H](C)CN([C@H]2CS(=O)(=O)C[C@@H]2S(=O)(=O)c2ccc3c(c2)CCCC3)C1. The monoisotopic (exact) mass is 425 g/mol. The number of nitrogens with zero attached hydrogens (tertiary/aromatic N) is 1. The van der Waals surface area contributed by atoms with E-state index in [9.17, 15) is 16.8 Å². The standard InChI is InChI=1S/C21H31NO4S2/c1-15-9-16(2)12-22(11-15)20-13-27(23,24)14-21(20)28(25,26)19-8-7-17-5-3-4-6-18(17)10-19/h7-8,10,15-16,20-21H,3-6,9,11-14H2,1-2H3/t15-,16+,20-,21-/m0/s1. The molecule has 5 nitrogen and oxygen atoms in total. The number of piperidine rings is 1. The summed E-state index contributed by atoms with van der Waals surface area (Å²) in [5.41, 5.74) is 2.35. The van der Waals surface area contributed by atoms with E-state index in [1.165, 1.54) is 5.56 Å². The number of hydrogen-bond donors (Lipinski definition) is 0. The van der Waals surface area contributed by atoms with E-state index in [2.05, 4.69) is 18.7 Å². The van der Waals surface area contributed by atoms with Gasteiger partial charge in [-0.15, -0.1) is 0 Å². The maximum Gasteiger partial charge on any atom is 0.183 e. The Morgan fingerprint density at radius 1 is 0.964 bits per heavy atom. The van der Waals surface area contributed by atoms with Gasteiger partial charge in [0.1, 0.15) is 0 Å². The fourth-order valence-corrected chi connectivity index (χ4v) is 10.4. The van der Waals surface area contributed by atoms with Gasteiger partial charge in [0.15, 0.2) is 19.7 Å². The summed E-state index contributed by atoms with van der Waals surface area (Å²) in [5, 5.41) is -0.864. The first-order valence-corrected chi connectivity index (χ1v) is 13.8. The largest absolute Gasteiger partial charge is 0.297 e. The maximum atomic E-state index is 13.5. The van der Waals surface area contributed by atoms with Gasteiger partial charge in [-0.25, -0.2) is 16.8 Å². The Balaban J connectivity index is 1.68. The highest BCUT2D eigenvalue weighted by Gasteiger charge is 2.49. The minimum atomic E-state index is -3.70. The summed E-state index contributed by atoms with van der Waals surface area (Å²) in [4.78, 5) is 2.45. The van der Waals surface area contributed by atoms with Crippen LogP contribution in [0.1, 0.15) is 44.2 Å². The van der Waals surface area contributed by atoms with Crippen LogP contribution < -0.4 is 0 Å². The lowest BCUT2D eigenvalue weighted by Crippen LogP contribution is -2.51. The number of sulfone groups is 2. The zero-order valence-electron chi connectivity index (χ0n) is 16.8. The Morgan fingerprint density at radius 3 is 2.29 bits per heavy atom. The Hall–Kier alpha value is -0.920. The number of aryl methyl sites for hydroxylation is 2. The van der Waals surface area contributed by atoms with Crippen LogP contribution in [0, 0.1) is 11.8 Å². The molecule has 0 N–H and O–H groups in total. The molecule has 0 spiro atoms. The second kappa shape index (κ2) is 7.40. The molecule has 0 unspecified atom stereocenters. The van der Waals surface area contributed by atoms with Gasteiger partial charge in [-0.1, -0.05) is 19.9 Å². The van der Waals surface area contributed by atoms with Crippen molar-refractivity contribution in [3.63, 3.8) is 0 Å². The molecule has 2 fully saturated rings. The zero-order chi connectivity index (χ0) is 20.1. The average Bonchev–Trinajstić information content (AvgIpc) is 2.97. The third-order valence-electron chi connectivity index (χ3n) is 6.69. The number of rotatable bonds is 3. The lowest BCUT2D eigenvalue weighted by Gasteiger charge is -2.40. The van der Waals surface area contributed by atoms with Crippen molar-refractivity contribution in [1.29, 1.82) is 0 Å². The highest BCUT2D eigenvalue weighted by Crippen LogP contribution is 2.34. The summed E-state index contributed by atoms with van der Waals surface area (Å²) >= 11 is 0. The van der Waals surface area contributed by atoms with Crippen LogP contribution in [0.3, 0.4) is 0 Å². The smallest absolute Gasteiger partial charge is 0.183 e. The van der Waals surface area contributed by atoms with Gasteiger partial charge in [0.25, 0.3) is 0 Å². The molecule has 7 heteroatoms. The van der Waals surface area contributed by atoms with Gasteiger partial charge >= 0.3 is 0 Å². The molecule has 156 valence electrons. The molecule has 1 aromatic rings. The minimum absolute atomic E-state index is 0.0404. The summed E-state index contributed by atoms with van der Waals surface area (Å²) in [6.45, 7) is 5.89. The quantitative estimate of drug-likeness (QED) is 0.744. The lowest BCUT2D eigenvalue weighted by atomic mass is 9.91. The summed E-state index contributed by atoms with van der Waals surface area (Å²) in [6, 6.07) is 5.01. The van der Waals surface area contributed by atoms with E-state index in [1.807, 2.05) is 12.1 Å². The minimum Gasteiger partial charge on any atom is -0.297 e. The number of fused-ring (bicyclic) bond motifs is 1. The first-order chi connectivity index (χ1) is 13.2. The predicted molar refractivity (Wildman–Crippen MR) is 111 cm³/mol. The van der Waals surface area contributed by atoms with Crippen molar-refractivity contribution in [2.24, 2.45) is 11.8 Å². The van der Waals surface area contributed by atoms with Crippen LogP contribution in [-0.4, -0.2) is 57.6 Å². The summed E-state index contributed by atoms with van der Waals surface area (Å²) in [7, 11) is -7.06. The molecule has 0 bridgehead atoms. The number of likely N-dealkylation sites (tertiary alicyclic amines) is 1. The number of benzene rings is 1. The van der Waals surface area contributed by atoms with Crippen molar-refractivity contribution in [1.82, 2.24) is 4.90 Å². The van der Waals surface area contributed by atoms with E-state index in [-0.39, 0.29) is 11.5 Å². The van der Waals surface area contributed by atoms with Gasteiger partial charge < -0.3 is 0 Å². The molecule has 2 saturated heterocycles. The summed E-state index contributed by atoms with van der Waals surface area (Å²) < 4.78 is 52.0. The Morgan fingerprint density at radius 2 is 1.61 bits per heavy atom. The molecule has 0 radical (unpaired) electrons. The number of hydrogen-bond acceptors (Lipinski definition) is 5. The van der Waals surface area contributed by atoms with Crippen LogP contribution in [-0.2, 0) is 32.5 Å². The molecule has 0 amide bonds. The van der Waals surface area contributed by atoms with E-state index in [4.69, 9.17) is 0 Å². The predicted octanol–water partition coefficient (Wildman–Crippen LogP) is 2.48. The molecular weight excluding hydrogens is 394 g/mol. The first-order valence-electron chi connectivity index (χ1n) is 10.5. The topological polar surface area (TPSA) is 71.5 Å². The normalized spacial score (nSPS) is 33.5. The van der Waals surface area contributed by atoms with Gasteiger partial charge in [-0.2, -0.15) is 0 Å². The molecule has 2 aliphatic heterocycles. The summed E-state index contributed by atoms with van der Waals surface area (Å²) in [5.74, 6) is 0.621. The van der Waals surface area contributed by atoms with E-state index < -0.39 is 31.0 Å². The zero-order valence-corrected chi connectivity index (χ0v) is 18.4. The lowest BCUT2D eigenvalue weighted by molar-refractivity contribution is 0.107. The van der Waals surface area contributed by atoms with Crippen LogP contribution in [0.4, 0.5) is 0 Å². The van der Waals surface area contributed by atoms with Crippen LogP contribution in [0.25, 0.3) is 0 Å². The third kappa shape index (κ3) is 3.90. The molecule has 4 atom stereocenters. The molecule has 3 aliphatic rings. The second-order valence-corrected chi connectivity index (χ2v) is 13.6. The molecule has 0 saturated carbocycles.